The van der Waals surface area contributed by atoms with E-state index in [2.05, 4.69) is 40.6 Å². The van der Waals surface area contributed by atoms with E-state index in [-0.39, 0.29) is 0 Å². The Morgan fingerprint density at radius 1 is 1.11 bits per heavy atom. The van der Waals surface area contributed by atoms with Gasteiger partial charge in [-0.05, 0) is 50.9 Å². The van der Waals surface area contributed by atoms with Gasteiger partial charge >= 0.3 is 0 Å². The fourth-order valence-corrected chi connectivity index (χ4v) is 3.46. The molecule has 3 nitrogen and oxygen atoms in total. The first kappa shape index (κ1) is 12.9. The lowest BCUT2D eigenvalue weighted by Gasteiger charge is -2.32. The van der Waals surface area contributed by atoms with Crippen LogP contribution in [0, 0.1) is 0 Å². The normalized spacial score (nSPS) is 25.6. The monoisotopic (exact) mass is 259 g/mol. The maximum absolute atomic E-state index is 4.61. The fraction of sp³-hybridized carbons (Fsp3) is 0.688. The van der Waals surface area contributed by atoms with E-state index in [1.54, 1.807) is 0 Å². The van der Waals surface area contributed by atoms with Crippen molar-refractivity contribution in [2.45, 2.75) is 57.0 Å². The number of hydrogen-bond donors (Lipinski definition) is 1. The molecule has 1 saturated heterocycles. The molecule has 0 amide bonds. The third-order valence-corrected chi connectivity index (χ3v) is 4.65. The van der Waals surface area contributed by atoms with Crippen molar-refractivity contribution in [3.05, 3.63) is 23.9 Å². The Kier molecular flexibility index (Phi) is 4.02. The Bertz CT molecular complexity index is 395. The molecule has 0 aromatic carbocycles. The molecule has 1 aliphatic carbocycles. The predicted molar refractivity (Wildman–Crippen MR) is 79.3 cm³/mol. The van der Waals surface area contributed by atoms with Crippen LogP contribution in [-0.4, -0.2) is 29.5 Å². The van der Waals surface area contributed by atoms with Crippen molar-refractivity contribution in [3.63, 3.8) is 0 Å². The Morgan fingerprint density at radius 3 is 2.58 bits per heavy atom. The van der Waals surface area contributed by atoms with Crippen LogP contribution in [0.3, 0.4) is 0 Å². The highest BCUT2D eigenvalue weighted by atomic mass is 15.1. The van der Waals surface area contributed by atoms with Crippen molar-refractivity contribution in [2.24, 2.45) is 0 Å². The van der Waals surface area contributed by atoms with Gasteiger partial charge in [0.05, 0.1) is 0 Å². The lowest BCUT2D eigenvalue weighted by molar-refractivity contribution is 0.187. The molecule has 3 heteroatoms. The van der Waals surface area contributed by atoms with E-state index in [0.717, 1.165) is 5.82 Å². The van der Waals surface area contributed by atoms with Crippen LogP contribution in [0.4, 0.5) is 5.82 Å². The fourth-order valence-electron chi connectivity index (χ4n) is 3.46. The van der Waals surface area contributed by atoms with E-state index in [0.29, 0.717) is 12.1 Å². The van der Waals surface area contributed by atoms with E-state index < -0.39 is 0 Å². The Hall–Kier alpha value is -1.09. The lowest BCUT2D eigenvalue weighted by Crippen LogP contribution is -2.29. The number of rotatable bonds is 3. The maximum Gasteiger partial charge on any atom is 0.126 e. The summed E-state index contributed by atoms with van der Waals surface area (Å²) in [6.07, 6.45) is 11.4. The minimum Gasteiger partial charge on any atom is -0.367 e. The molecule has 1 saturated carbocycles. The summed E-state index contributed by atoms with van der Waals surface area (Å²) in [4.78, 5) is 7.08. The van der Waals surface area contributed by atoms with Gasteiger partial charge in [-0.25, -0.2) is 4.98 Å². The average molecular weight is 259 g/mol. The van der Waals surface area contributed by atoms with E-state index in [4.69, 9.17) is 0 Å². The van der Waals surface area contributed by atoms with Crippen LogP contribution < -0.4 is 5.32 Å². The second-order valence-corrected chi connectivity index (χ2v) is 6.09. The molecule has 104 valence electrons. The van der Waals surface area contributed by atoms with Crippen LogP contribution in [0.15, 0.2) is 18.3 Å². The molecule has 19 heavy (non-hydrogen) atoms. The smallest absolute Gasteiger partial charge is 0.126 e. The highest BCUT2D eigenvalue weighted by Crippen LogP contribution is 2.29. The average Bonchev–Trinajstić information content (AvgIpc) is 2.93. The van der Waals surface area contributed by atoms with Gasteiger partial charge < -0.3 is 5.32 Å². The molecule has 1 atom stereocenters. The molecular weight excluding hydrogens is 234 g/mol. The summed E-state index contributed by atoms with van der Waals surface area (Å²) in [5.41, 5.74) is 1.37. The second kappa shape index (κ2) is 5.91. The van der Waals surface area contributed by atoms with Crippen LogP contribution in [0.2, 0.25) is 0 Å². The highest BCUT2D eigenvalue weighted by Gasteiger charge is 2.21. The summed E-state index contributed by atoms with van der Waals surface area (Å²) in [5, 5.41) is 3.56. The molecule has 1 aliphatic heterocycles. The number of anilines is 1. The zero-order chi connectivity index (χ0) is 13.1. The summed E-state index contributed by atoms with van der Waals surface area (Å²) in [6, 6.07) is 5.64. The van der Waals surface area contributed by atoms with Gasteiger partial charge in [-0.3, -0.25) is 4.90 Å². The molecule has 1 aromatic heterocycles. The maximum atomic E-state index is 4.61. The molecule has 0 spiro atoms. The third-order valence-electron chi connectivity index (χ3n) is 4.65. The third kappa shape index (κ3) is 3.08. The SMILES string of the molecule is CN1CCCC[C@H]1c1ccc(NC2CCCC2)nc1. The van der Waals surface area contributed by atoms with E-state index in [1.165, 1.54) is 57.1 Å². The van der Waals surface area contributed by atoms with Gasteiger partial charge in [-0.1, -0.05) is 25.3 Å². The molecule has 0 radical (unpaired) electrons. The molecular formula is C16H25N3. The number of nitrogens with zero attached hydrogens (tertiary/aromatic N) is 2. The Morgan fingerprint density at radius 2 is 1.89 bits per heavy atom. The highest BCUT2D eigenvalue weighted by molar-refractivity contribution is 5.37. The van der Waals surface area contributed by atoms with Gasteiger partial charge in [0.15, 0.2) is 0 Å². The quantitative estimate of drug-likeness (QED) is 0.899. The van der Waals surface area contributed by atoms with Gasteiger partial charge in [-0.15, -0.1) is 0 Å². The molecule has 0 unspecified atom stereocenters. The summed E-state index contributed by atoms with van der Waals surface area (Å²) < 4.78 is 0. The second-order valence-electron chi connectivity index (χ2n) is 6.09. The summed E-state index contributed by atoms with van der Waals surface area (Å²) in [6.45, 7) is 1.22. The first-order chi connectivity index (χ1) is 9.33. The van der Waals surface area contributed by atoms with Crippen LogP contribution in [0.1, 0.15) is 56.6 Å². The minimum absolute atomic E-state index is 0.571. The lowest BCUT2D eigenvalue weighted by atomic mass is 9.97. The molecule has 3 rings (SSSR count). The van der Waals surface area contributed by atoms with Crippen molar-refractivity contribution in [1.29, 1.82) is 0 Å². The zero-order valence-electron chi connectivity index (χ0n) is 11.9. The van der Waals surface area contributed by atoms with Gasteiger partial charge in [0, 0.05) is 18.3 Å². The van der Waals surface area contributed by atoms with Gasteiger partial charge in [0.1, 0.15) is 5.82 Å². The zero-order valence-corrected chi connectivity index (χ0v) is 11.9. The molecule has 2 heterocycles. The van der Waals surface area contributed by atoms with Crippen molar-refractivity contribution >= 4 is 5.82 Å². The largest absolute Gasteiger partial charge is 0.367 e. The topological polar surface area (TPSA) is 28.2 Å². The number of nitrogens with one attached hydrogen (secondary N) is 1. The molecule has 1 N–H and O–H groups in total. The van der Waals surface area contributed by atoms with E-state index in [9.17, 15) is 0 Å². The number of piperidine rings is 1. The molecule has 2 aliphatic rings. The summed E-state index contributed by atoms with van der Waals surface area (Å²) in [7, 11) is 2.23. The van der Waals surface area contributed by atoms with Crippen LogP contribution in [-0.2, 0) is 0 Å². The molecule has 0 bridgehead atoms. The van der Waals surface area contributed by atoms with Crippen LogP contribution in [0.25, 0.3) is 0 Å². The number of aromatic nitrogens is 1. The minimum atomic E-state index is 0.571. The Balaban J connectivity index is 1.64. The van der Waals surface area contributed by atoms with Crippen LogP contribution in [0.5, 0.6) is 0 Å². The molecule has 2 fully saturated rings. The molecule has 1 aromatic rings. The standard InChI is InChI=1S/C16H25N3/c1-19-11-5-4-8-15(19)13-9-10-16(17-12-13)18-14-6-2-3-7-14/h9-10,12,14-15H,2-8,11H2,1H3,(H,17,18)/t15-/m0/s1. The first-order valence-electron chi connectivity index (χ1n) is 7.75. The Labute approximate surface area is 116 Å². The van der Waals surface area contributed by atoms with E-state index >= 15 is 0 Å². The number of hydrogen-bond acceptors (Lipinski definition) is 3. The predicted octanol–water partition coefficient (Wildman–Crippen LogP) is 3.59. The van der Waals surface area contributed by atoms with Crippen molar-refractivity contribution < 1.29 is 0 Å². The first-order valence-corrected chi connectivity index (χ1v) is 7.75. The number of pyridine rings is 1. The van der Waals surface area contributed by atoms with Crippen molar-refractivity contribution in [1.82, 2.24) is 9.88 Å². The van der Waals surface area contributed by atoms with E-state index in [1.807, 2.05) is 0 Å². The summed E-state index contributed by atoms with van der Waals surface area (Å²) >= 11 is 0. The van der Waals surface area contributed by atoms with Crippen LogP contribution >= 0.6 is 0 Å². The van der Waals surface area contributed by atoms with Crippen molar-refractivity contribution in [3.8, 4) is 0 Å². The number of likely N-dealkylation sites (tertiary alicyclic amines) is 1. The van der Waals surface area contributed by atoms with Gasteiger partial charge in [0.2, 0.25) is 0 Å². The van der Waals surface area contributed by atoms with Gasteiger partial charge in [-0.2, -0.15) is 0 Å². The van der Waals surface area contributed by atoms with Gasteiger partial charge in [0.25, 0.3) is 0 Å². The van der Waals surface area contributed by atoms with Crippen molar-refractivity contribution in [2.75, 3.05) is 18.9 Å². The summed E-state index contributed by atoms with van der Waals surface area (Å²) in [5.74, 6) is 1.05.